The molecule has 1 unspecified atom stereocenters. The maximum atomic E-state index is 12.2. The minimum atomic E-state index is -0.369. The molecule has 0 saturated heterocycles. The molecule has 1 aromatic carbocycles. The molecule has 0 spiro atoms. The summed E-state index contributed by atoms with van der Waals surface area (Å²) in [7, 11) is 0. The number of Topliss-reactive ketones (excluding diaryl/α,β-unsaturated/α-hetero) is 1. The van der Waals surface area contributed by atoms with Crippen LogP contribution in [-0.2, 0) is 14.3 Å². The van der Waals surface area contributed by atoms with Gasteiger partial charge in [0.05, 0.1) is 18.9 Å². The van der Waals surface area contributed by atoms with Gasteiger partial charge in [0.15, 0.2) is 0 Å². The van der Waals surface area contributed by atoms with E-state index in [-0.39, 0.29) is 24.1 Å². The predicted octanol–water partition coefficient (Wildman–Crippen LogP) is 3.48. The molecule has 0 radical (unpaired) electrons. The Bertz CT molecular complexity index is 398. The second-order valence-electron chi connectivity index (χ2n) is 4.54. The zero-order valence-electron chi connectivity index (χ0n) is 11.7. The molecule has 0 fully saturated rings. The van der Waals surface area contributed by atoms with Crippen molar-refractivity contribution >= 4 is 11.8 Å². The molecule has 0 saturated carbocycles. The van der Waals surface area contributed by atoms with E-state index in [0.29, 0.717) is 13.0 Å². The Morgan fingerprint density at radius 2 is 1.84 bits per heavy atom. The van der Waals surface area contributed by atoms with Crippen molar-refractivity contribution in [3.05, 3.63) is 35.9 Å². The monoisotopic (exact) mass is 262 g/mol. The molecule has 3 heteroatoms. The van der Waals surface area contributed by atoms with E-state index in [9.17, 15) is 9.59 Å². The fourth-order valence-electron chi connectivity index (χ4n) is 2.01. The molecule has 0 N–H and O–H groups in total. The molecular weight excluding hydrogens is 240 g/mol. The molecule has 0 aromatic heterocycles. The minimum Gasteiger partial charge on any atom is -0.466 e. The standard InChI is InChI=1S/C16H22O3/c1-3-5-11-15(17)14(12-16(18)19-4-2)13-9-7-6-8-10-13/h6-10,14H,3-5,11-12H2,1-2H3. The first kappa shape index (κ1) is 15.4. The summed E-state index contributed by atoms with van der Waals surface area (Å²) in [6.45, 7) is 4.17. The molecular formula is C16H22O3. The third-order valence-corrected chi connectivity index (χ3v) is 3.04. The maximum Gasteiger partial charge on any atom is 0.306 e. The maximum absolute atomic E-state index is 12.2. The average molecular weight is 262 g/mol. The normalized spacial score (nSPS) is 11.9. The topological polar surface area (TPSA) is 43.4 Å². The summed E-state index contributed by atoms with van der Waals surface area (Å²) >= 11 is 0. The Kier molecular flexibility index (Phi) is 6.86. The second-order valence-corrected chi connectivity index (χ2v) is 4.54. The van der Waals surface area contributed by atoms with Gasteiger partial charge in [-0.15, -0.1) is 0 Å². The van der Waals surface area contributed by atoms with Crippen molar-refractivity contribution in [2.75, 3.05) is 6.61 Å². The Labute approximate surface area is 115 Å². The van der Waals surface area contributed by atoms with Crippen LogP contribution in [0.2, 0.25) is 0 Å². The number of ether oxygens (including phenoxy) is 1. The van der Waals surface area contributed by atoms with E-state index in [0.717, 1.165) is 18.4 Å². The quantitative estimate of drug-likeness (QED) is 0.674. The van der Waals surface area contributed by atoms with Crippen LogP contribution in [0.1, 0.15) is 51.0 Å². The first-order chi connectivity index (χ1) is 9.19. The van der Waals surface area contributed by atoms with E-state index in [1.165, 1.54) is 0 Å². The summed E-state index contributed by atoms with van der Waals surface area (Å²) in [5.74, 6) is -0.547. The van der Waals surface area contributed by atoms with Gasteiger partial charge in [0.1, 0.15) is 5.78 Å². The number of carbonyl (C=O) groups is 2. The van der Waals surface area contributed by atoms with Gasteiger partial charge < -0.3 is 4.74 Å². The van der Waals surface area contributed by atoms with Crippen LogP contribution in [0.25, 0.3) is 0 Å². The molecule has 1 aromatic rings. The number of unbranched alkanes of at least 4 members (excludes halogenated alkanes) is 1. The summed E-state index contributed by atoms with van der Waals surface area (Å²) < 4.78 is 4.96. The van der Waals surface area contributed by atoms with E-state index in [1.54, 1.807) is 6.92 Å². The molecule has 0 bridgehead atoms. The van der Waals surface area contributed by atoms with Gasteiger partial charge in [0.2, 0.25) is 0 Å². The SMILES string of the molecule is CCCCC(=O)C(CC(=O)OCC)c1ccccc1. The Hall–Kier alpha value is -1.64. The third kappa shape index (κ3) is 5.25. The number of carbonyl (C=O) groups excluding carboxylic acids is 2. The predicted molar refractivity (Wildman–Crippen MR) is 75.0 cm³/mol. The molecule has 0 aliphatic heterocycles. The fourth-order valence-corrected chi connectivity index (χ4v) is 2.01. The summed E-state index contributed by atoms with van der Waals surface area (Å²) in [4.78, 5) is 23.9. The van der Waals surface area contributed by atoms with Crippen LogP contribution in [0.5, 0.6) is 0 Å². The second kappa shape index (κ2) is 8.46. The first-order valence-corrected chi connectivity index (χ1v) is 6.92. The van der Waals surface area contributed by atoms with Gasteiger partial charge in [-0.3, -0.25) is 9.59 Å². The number of rotatable bonds is 8. The number of hydrogen-bond donors (Lipinski definition) is 0. The van der Waals surface area contributed by atoms with Crippen molar-refractivity contribution in [2.45, 2.75) is 45.4 Å². The van der Waals surface area contributed by atoms with Crippen LogP contribution in [0.4, 0.5) is 0 Å². The highest BCUT2D eigenvalue weighted by molar-refractivity contribution is 5.89. The van der Waals surface area contributed by atoms with Crippen LogP contribution in [0.15, 0.2) is 30.3 Å². The number of benzene rings is 1. The molecule has 19 heavy (non-hydrogen) atoms. The van der Waals surface area contributed by atoms with Crippen molar-refractivity contribution in [1.29, 1.82) is 0 Å². The van der Waals surface area contributed by atoms with Gasteiger partial charge in [0.25, 0.3) is 0 Å². The van der Waals surface area contributed by atoms with E-state index < -0.39 is 0 Å². The van der Waals surface area contributed by atoms with E-state index in [1.807, 2.05) is 30.3 Å². The van der Waals surface area contributed by atoms with Crippen LogP contribution >= 0.6 is 0 Å². The van der Waals surface area contributed by atoms with Gasteiger partial charge in [0, 0.05) is 6.42 Å². The highest BCUT2D eigenvalue weighted by atomic mass is 16.5. The summed E-state index contributed by atoms with van der Waals surface area (Å²) in [5.41, 5.74) is 0.900. The van der Waals surface area contributed by atoms with Crippen LogP contribution in [0.3, 0.4) is 0 Å². The lowest BCUT2D eigenvalue weighted by Crippen LogP contribution is -2.18. The van der Waals surface area contributed by atoms with Crippen molar-refractivity contribution < 1.29 is 14.3 Å². The van der Waals surface area contributed by atoms with Gasteiger partial charge in [-0.25, -0.2) is 0 Å². The Morgan fingerprint density at radius 1 is 1.16 bits per heavy atom. The molecule has 3 nitrogen and oxygen atoms in total. The van der Waals surface area contributed by atoms with E-state index in [4.69, 9.17) is 4.74 Å². The van der Waals surface area contributed by atoms with Crippen molar-refractivity contribution in [2.24, 2.45) is 0 Å². The van der Waals surface area contributed by atoms with Crippen molar-refractivity contribution in [3.8, 4) is 0 Å². The lowest BCUT2D eigenvalue weighted by atomic mass is 9.89. The van der Waals surface area contributed by atoms with Crippen LogP contribution in [0, 0.1) is 0 Å². The number of ketones is 1. The lowest BCUT2D eigenvalue weighted by Gasteiger charge is -2.15. The zero-order chi connectivity index (χ0) is 14.1. The number of esters is 1. The molecule has 1 atom stereocenters. The lowest BCUT2D eigenvalue weighted by molar-refractivity contribution is -0.145. The Morgan fingerprint density at radius 3 is 2.42 bits per heavy atom. The van der Waals surface area contributed by atoms with Gasteiger partial charge in [-0.2, -0.15) is 0 Å². The fraction of sp³-hybridized carbons (Fsp3) is 0.500. The van der Waals surface area contributed by atoms with Gasteiger partial charge >= 0.3 is 5.97 Å². The molecule has 1 rings (SSSR count). The van der Waals surface area contributed by atoms with Gasteiger partial charge in [-0.05, 0) is 18.9 Å². The summed E-state index contributed by atoms with van der Waals surface area (Å²) in [6.07, 6.45) is 2.51. The average Bonchev–Trinajstić information content (AvgIpc) is 2.43. The van der Waals surface area contributed by atoms with Crippen LogP contribution < -0.4 is 0 Å². The number of hydrogen-bond acceptors (Lipinski definition) is 3. The van der Waals surface area contributed by atoms with E-state index >= 15 is 0 Å². The highest BCUT2D eigenvalue weighted by Gasteiger charge is 2.23. The third-order valence-electron chi connectivity index (χ3n) is 3.04. The molecule has 0 amide bonds. The molecule has 104 valence electrons. The molecule has 0 aliphatic rings. The highest BCUT2D eigenvalue weighted by Crippen LogP contribution is 2.23. The summed E-state index contributed by atoms with van der Waals surface area (Å²) in [6, 6.07) is 9.48. The first-order valence-electron chi connectivity index (χ1n) is 6.92. The summed E-state index contributed by atoms with van der Waals surface area (Å²) in [5, 5.41) is 0. The van der Waals surface area contributed by atoms with E-state index in [2.05, 4.69) is 6.92 Å². The molecule has 0 aliphatic carbocycles. The van der Waals surface area contributed by atoms with Gasteiger partial charge in [-0.1, -0.05) is 43.7 Å². The van der Waals surface area contributed by atoms with Crippen molar-refractivity contribution in [3.63, 3.8) is 0 Å². The zero-order valence-corrected chi connectivity index (χ0v) is 11.7. The minimum absolute atomic E-state index is 0.126. The largest absolute Gasteiger partial charge is 0.466 e. The van der Waals surface area contributed by atoms with Crippen molar-refractivity contribution in [1.82, 2.24) is 0 Å². The smallest absolute Gasteiger partial charge is 0.306 e. The molecule has 0 heterocycles. The van der Waals surface area contributed by atoms with Crippen LogP contribution in [-0.4, -0.2) is 18.4 Å². The Balaban J connectivity index is 2.79.